The van der Waals surface area contributed by atoms with Crippen LogP contribution in [0.3, 0.4) is 0 Å². The summed E-state index contributed by atoms with van der Waals surface area (Å²) in [5.74, 6) is -0.101. The number of fused-ring (bicyclic) bond motifs is 1. The fraction of sp³-hybridized carbons (Fsp3) is 0.421. The van der Waals surface area contributed by atoms with Gasteiger partial charge in [-0.25, -0.2) is 4.79 Å². The smallest absolute Gasteiger partial charge is 0.325 e. The summed E-state index contributed by atoms with van der Waals surface area (Å²) in [5.41, 5.74) is 0.587. The van der Waals surface area contributed by atoms with E-state index < -0.39 is 11.2 Å². The molecule has 0 unspecified atom stereocenters. The number of hydrogen-bond donors (Lipinski definition) is 3. The first-order valence-electron chi connectivity index (χ1n) is 9.03. The average molecular weight is 354 g/mol. The van der Waals surface area contributed by atoms with Crippen LogP contribution in [0.1, 0.15) is 36.4 Å². The minimum Gasteiger partial charge on any atom is -0.351 e. The maximum Gasteiger partial charge on any atom is 0.325 e. The normalized spacial score (nSPS) is 25.2. The molecule has 3 heterocycles. The highest BCUT2D eigenvalue weighted by atomic mass is 16.2. The van der Waals surface area contributed by atoms with Crippen LogP contribution in [0.15, 0.2) is 46.1 Å². The predicted octanol–water partition coefficient (Wildman–Crippen LogP) is 0.905. The third-order valence-electron chi connectivity index (χ3n) is 5.55. The molecule has 7 nitrogen and oxygen atoms in total. The lowest BCUT2D eigenvalue weighted by atomic mass is 9.93. The summed E-state index contributed by atoms with van der Waals surface area (Å²) >= 11 is 0. The molecule has 2 aromatic rings. The van der Waals surface area contributed by atoms with Crippen LogP contribution in [0.25, 0.3) is 0 Å². The van der Waals surface area contributed by atoms with Crippen molar-refractivity contribution in [2.75, 3.05) is 6.54 Å². The van der Waals surface area contributed by atoms with Gasteiger partial charge in [-0.3, -0.25) is 19.5 Å². The van der Waals surface area contributed by atoms with E-state index in [-0.39, 0.29) is 30.5 Å². The minimum atomic E-state index is -0.548. The van der Waals surface area contributed by atoms with Crippen LogP contribution in [0.5, 0.6) is 0 Å². The van der Waals surface area contributed by atoms with Crippen molar-refractivity contribution in [3.63, 3.8) is 0 Å². The van der Waals surface area contributed by atoms with E-state index in [2.05, 4.69) is 32.3 Å². The summed E-state index contributed by atoms with van der Waals surface area (Å²) < 4.78 is 0. The maximum atomic E-state index is 12.8. The molecule has 0 bridgehead atoms. The van der Waals surface area contributed by atoms with Gasteiger partial charge in [0.2, 0.25) is 5.91 Å². The number of aromatic nitrogens is 2. The van der Waals surface area contributed by atoms with E-state index in [1.54, 1.807) is 0 Å². The Kier molecular flexibility index (Phi) is 4.46. The topological polar surface area (TPSA) is 98.1 Å². The maximum absolute atomic E-state index is 12.8. The largest absolute Gasteiger partial charge is 0.351 e. The minimum absolute atomic E-state index is 0.0223. The highest BCUT2D eigenvalue weighted by Gasteiger charge is 2.46. The van der Waals surface area contributed by atoms with Gasteiger partial charge in [0.05, 0.1) is 11.5 Å². The number of carbonyl (C=O) groups excluding carboxylic acids is 1. The molecule has 2 aliphatic rings. The molecule has 2 aliphatic heterocycles. The molecule has 7 heteroatoms. The summed E-state index contributed by atoms with van der Waals surface area (Å²) in [6.45, 7) is 1.14. The molecule has 3 atom stereocenters. The first-order chi connectivity index (χ1) is 12.6. The van der Waals surface area contributed by atoms with Crippen molar-refractivity contribution in [2.45, 2.75) is 37.9 Å². The number of aromatic amines is 2. The van der Waals surface area contributed by atoms with Crippen molar-refractivity contribution in [3.8, 4) is 0 Å². The lowest BCUT2D eigenvalue weighted by molar-refractivity contribution is -0.125. The number of carbonyl (C=O) groups is 1. The molecule has 0 aliphatic carbocycles. The molecular weight excluding hydrogens is 332 g/mol. The molecule has 2 saturated heterocycles. The molecule has 3 N–H and O–H groups in total. The van der Waals surface area contributed by atoms with Gasteiger partial charge in [0.1, 0.15) is 0 Å². The van der Waals surface area contributed by atoms with Gasteiger partial charge in [-0.05, 0) is 31.4 Å². The van der Waals surface area contributed by atoms with Crippen molar-refractivity contribution in [1.82, 2.24) is 20.2 Å². The molecular formula is C19H22N4O3. The summed E-state index contributed by atoms with van der Waals surface area (Å²) in [6, 6.07) is 10.9. The molecule has 1 aromatic heterocycles. The lowest BCUT2D eigenvalue weighted by Crippen LogP contribution is -2.38. The molecule has 26 heavy (non-hydrogen) atoms. The summed E-state index contributed by atoms with van der Waals surface area (Å²) in [4.78, 5) is 42.7. The molecule has 136 valence electrons. The fourth-order valence-electron chi connectivity index (χ4n) is 4.33. The number of hydrogen-bond acceptors (Lipinski definition) is 4. The molecule has 0 radical (unpaired) electrons. The van der Waals surface area contributed by atoms with Gasteiger partial charge in [0.25, 0.3) is 5.56 Å². The molecule has 2 fully saturated rings. The van der Waals surface area contributed by atoms with Crippen LogP contribution in [-0.4, -0.2) is 33.4 Å². The average Bonchev–Trinajstić information content (AvgIpc) is 3.24. The van der Waals surface area contributed by atoms with Crippen molar-refractivity contribution in [2.24, 2.45) is 5.92 Å². The quantitative estimate of drug-likeness (QED) is 0.760. The second-order valence-electron chi connectivity index (χ2n) is 7.03. The molecule has 0 saturated carbocycles. The van der Waals surface area contributed by atoms with Crippen LogP contribution in [0.2, 0.25) is 0 Å². The van der Waals surface area contributed by atoms with Crippen LogP contribution < -0.4 is 16.6 Å². The summed E-state index contributed by atoms with van der Waals surface area (Å²) in [5, 5.41) is 2.88. The fourth-order valence-corrected chi connectivity index (χ4v) is 4.33. The monoisotopic (exact) mass is 354 g/mol. The van der Waals surface area contributed by atoms with Gasteiger partial charge in [0, 0.05) is 24.8 Å². The lowest BCUT2D eigenvalue weighted by Gasteiger charge is -2.24. The van der Waals surface area contributed by atoms with E-state index >= 15 is 0 Å². The Morgan fingerprint density at radius 3 is 2.81 bits per heavy atom. The predicted molar refractivity (Wildman–Crippen MR) is 96.5 cm³/mol. The zero-order chi connectivity index (χ0) is 18.1. The second kappa shape index (κ2) is 6.92. The summed E-state index contributed by atoms with van der Waals surface area (Å²) in [7, 11) is 0. The van der Waals surface area contributed by atoms with E-state index in [0.717, 1.165) is 25.8 Å². The first kappa shape index (κ1) is 16.8. The van der Waals surface area contributed by atoms with Crippen LogP contribution >= 0.6 is 0 Å². The number of nitrogens with zero attached hydrogens (tertiary/aromatic N) is 1. The van der Waals surface area contributed by atoms with Crippen molar-refractivity contribution < 1.29 is 4.79 Å². The standard InChI is InChI=1S/C19H22N4O3/c24-17-13(11-21-19(26)22-17)10-20-18(25)14-9-16(12-5-2-1-3-6-12)23-8-4-7-15(14)23/h1-3,5-6,11,14-16H,4,7-10H2,(H,20,25)(H2,21,22,24,26)/t14-,15+,16-/m0/s1. The highest BCUT2D eigenvalue weighted by molar-refractivity contribution is 5.80. The van der Waals surface area contributed by atoms with E-state index in [1.165, 1.54) is 11.8 Å². The molecule has 1 amide bonds. The second-order valence-corrected chi connectivity index (χ2v) is 7.03. The van der Waals surface area contributed by atoms with Crippen LogP contribution in [0, 0.1) is 5.92 Å². The zero-order valence-electron chi connectivity index (χ0n) is 14.4. The highest BCUT2D eigenvalue weighted by Crippen LogP contribution is 2.44. The Morgan fingerprint density at radius 1 is 1.23 bits per heavy atom. The van der Waals surface area contributed by atoms with Gasteiger partial charge < -0.3 is 10.3 Å². The molecule has 1 aromatic carbocycles. The Morgan fingerprint density at radius 2 is 2.04 bits per heavy atom. The number of amides is 1. The van der Waals surface area contributed by atoms with Gasteiger partial charge in [0.15, 0.2) is 0 Å². The SMILES string of the molecule is O=C(NCc1c[nH]c(=O)[nH]c1=O)[C@H]1C[C@@H](c2ccccc2)N2CCC[C@H]12. The summed E-state index contributed by atoms with van der Waals surface area (Å²) in [6.07, 6.45) is 4.28. The molecule has 0 spiro atoms. The van der Waals surface area contributed by atoms with E-state index in [0.29, 0.717) is 5.56 Å². The Bertz CT molecular complexity index is 905. The Hall–Kier alpha value is -2.67. The van der Waals surface area contributed by atoms with Crippen molar-refractivity contribution in [1.29, 1.82) is 0 Å². The van der Waals surface area contributed by atoms with E-state index in [9.17, 15) is 14.4 Å². The van der Waals surface area contributed by atoms with Crippen LogP contribution in [-0.2, 0) is 11.3 Å². The van der Waals surface area contributed by atoms with Gasteiger partial charge in [-0.1, -0.05) is 30.3 Å². The van der Waals surface area contributed by atoms with E-state index in [1.807, 2.05) is 18.2 Å². The van der Waals surface area contributed by atoms with Crippen molar-refractivity contribution in [3.05, 3.63) is 68.5 Å². The number of H-pyrrole nitrogens is 2. The Labute approximate surface area is 150 Å². The van der Waals surface area contributed by atoms with Gasteiger partial charge in [-0.2, -0.15) is 0 Å². The van der Waals surface area contributed by atoms with E-state index in [4.69, 9.17) is 0 Å². The van der Waals surface area contributed by atoms with Crippen molar-refractivity contribution >= 4 is 5.91 Å². The number of rotatable bonds is 4. The first-order valence-corrected chi connectivity index (χ1v) is 9.03. The van der Waals surface area contributed by atoms with Gasteiger partial charge >= 0.3 is 5.69 Å². The number of benzene rings is 1. The zero-order valence-corrected chi connectivity index (χ0v) is 14.4. The molecule has 4 rings (SSSR count). The van der Waals surface area contributed by atoms with Crippen LogP contribution in [0.4, 0.5) is 0 Å². The Balaban J connectivity index is 1.47. The van der Waals surface area contributed by atoms with Gasteiger partial charge in [-0.15, -0.1) is 0 Å². The number of nitrogens with one attached hydrogen (secondary N) is 3. The third kappa shape index (κ3) is 3.10. The third-order valence-corrected chi connectivity index (χ3v) is 5.55.